The zero-order valence-electron chi connectivity index (χ0n) is 20.0. The van der Waals surface area contributed by atoms with E-state index in [-0.39, 0.29) is 18.7 Å². The largest absolute Gasteiger partial charge is 0.445 e. The maximum Gasteiger partial charge on any atom is 0.408 e. The third-order valence-corrected chi connectivity index (χ3v) is 6.62. The SMILES string of the molecule is Cc1sc(NC(=O)[C@@H](Cc2ccc([N+](=O)[O-])cc2)NC(=O)OCc2ccccc2)cc1-c1ccccc1. The number of amides is 2. The second kappa shape index (κ2) is 12.0. The van der Waals surface area contributed by atoms with Crippen LogP contribution in [0.5, 0.6) is 0 Å². The quantitative estimate of drug-likeness (QED) is 0.206. The maximum atomic E-state index is 13.3. The van der Waals surface area contributed by atoms with Gasteiger partial charge in [-0.2, -0.15) is 0 Å². The zero-order valence-corrected chi connectivity index (χ0v) is 20.9. The van der Waals surface area contributed by atoms with Gasteiger partial charge in [-0.05, 0) is 35.2 Å². The van der Waals surface area contributed by atoms with Gasteiger partial charge in [-0.15, -0.1) is 11.3 Å². The summed E-state index contributed by atoms with van der Waals surface area (Å²) in [5.41, 5.74) is 3.48. The summed E-state index contributed by atoms with van der Waals surface area (Å²) in [5, 5.41) is 17.2. The van der Waals surface area contributed by atoms with Crippen molar-refractivity contribution in [2.45, 2.75) is 26.0 Å². The van der Waals surface area contributed by atoms with Crippen LogP contribution in [-0.2, 0) is 22.6 Å². The Morgan fingerprint density at radius 1 is 0.946 bits per heavy atom. The lowest BCUT2D eigenvalue weighted by Crippen LogP contribution is -2.45. The highest BCUT2D eigenvalue weighted by molar-refractivity contribution is 7.16. The van der Waals surface area contributed by atoms with E-state index in [9.17, 15) is 19.7 Å². The molecule has 4 rings (SSSR count). The van der Waals surface area contributed by atoms with Gasteiger partial charge in [-0.3, -0.25) is 14.9 Å². The number of benzene rings is 3. The van der Waals surface area contributed by atoms with Crippen molar-refractivity contribution < 1.29 is 19.2 Å². The Labute approximate surface area is 218 Å². The Balaban J connectivity index is 1.49. The molecule has 188 valence electrons. The summed E-state index contributed by atoms with van der Waals surface area (Å²) in [4.78, 5) is 37.4. The molecule has 2 N–H and O–H groups in total. The fourth-order valence-corrected chi connectivity index (χ4v) is 4.71. The number of rotatable bonds is 9. The van der Waals surface area contributed by atoms with Crippen LogP contribution < -0.4 is 10.6 Å². The second-order valence-electron chi connectivity index (χ2n) is 8.32. The fourth-order valence-electron chi connectivity index (χ4n) is 3.76. The second-order valence-corrected chi connectivity index (χ2v) is 9.58. The number of nitrogens with one attached hydrogen (secondary N) is 2. The lowest BCUT2D eigenvalue weighted by molar-refractivity contribution is -0.384. The number of nitro groups is 1. The van der Waals surface area contributed by atoms with E-state index in [0.29, 0.717) is 10.6 Å². The molecular weight excluding hydrogens is 490 g/mol. The summed E-state index contributed by atoms with van der Waals surface area (Å²) in [7, 11) is 0. The number of hydrogen-bond donors (Lipinski definition) is 2. The molecule has 1 heterocycles. The fraction of sp³-hybridized carbons (Fsp3) is 0.143. The van der Waals surface area contributed by atoms with Gasteiger partial charge in [0.05, 0.1) is 9.92 Å². The van der Waals surface area contributed by atoms with Crippen LogP contribution in [0.15, 0.2) is 91.0 Å². The molecule has 3 aromatic carbocycles. The van der Waals surface area contributed by atoms with E-state index >= 15 is 0 Å². The van der Waals surface area contributed by atoms with Gasteiger partial charge in [0, 0.05) is 23.4 Å². The van der Waals surface area contributed by atoms with Crippen molar-refractivity contribution in [3.05, 3.63) is 117 Å². The Hall–Kier alpha value is -4.50. The van der Waals surface area contributed by atoms with Crippen LogP contribution >= 0.6 is 11.3 Å². The predicted octanol–water partition coefficient (Wildman–Crippen LogP) is 6.11. The summed E-state index contributed by atoms with van der Waals surface area (Å²) in [6, 6.07) is 25.9. The van der Waals surface area contributed by atoms with E-state index in [2.05, 4.69) is 10.6 Å². The first-order valence-corrected chi connectivity index (χ1v) is 12.4. The van der Waals surface area contributed by atoms with Gasteiger partial charge in [0.15, 0.2) is 0 Å². The molecular formula is C28H25N3O5S. The van der Waals surface area contributed by atoms with Crippen molar-refractivity contribution in [3.8, 4) is 11.1 Å². The molecule has 37 heavy (non-hydrogen) atoms. The molecule has 1 atom stereocenters. The molecule has 0 aliphatic heterocycles. The summed E-state index contributed by atoms with van der Waals surface area (Å²) in [5.74, 6) is -0.420. The first-order chi connectivity index (χ1) is 17.9. The number of ether oxygens (including phenoxy) is 1. The Kier molecular flexibility index (Phi) is 8.27. The van der Waals surface area contributed by atoms with Crippen LogP contribution in [0, 0.1) is 17.0 Å². The third-order valence-electron chi connectivity index (χ3n) is 5.66. The van der Waals surface area contributed by atoms with Crippen LogP contribution in [0.1, 0.15) is 16.0 Å². The molecule has 1 aromatic heterocycles. The van der Waals surface area contributed by atoms with Gasteiger partial charge in [0.25, 0.3) is 5.69 Å². The van der Waals surface area contributed by atoms with Crippen LogP contribution in [0.3, 0.4) is 0 Å². The maximum absolute atomic E-state index is 13.3. The molecule has 0 unspecified atom stereocenters. The molecule has 0 aliphatic carbocycles. The first kappa shape index (κ1) is 25.6. The predicted molar refractivity (Wildman–Crippen MR) is 143 cm³/mol. The van der Waals surface area contributed by atoms with Crippen LogP contribution in [0.4, 0.5) is 15.5 Å². The standard InChI is InChI=1S/C28H25N3O5S/c1-19-24(22-10-6-3-7-11-22)17-26(37-19)30-27(32)25(16-20-12-14-23(15-13-20)31(34)35)29-28(33)36-18-21-8-4-2-5-9-21/h2-15,17,25H,16,18H2,1H3,(H,29,33)(H,30,32)/t25-/m1/s1. The van der Waals surface area contributed by atoms with Crippen molar-refractivity contribution in [3.63, 3.8) is 0 Å². The third kappa shape index (κ3) is 7.02. The molecule has 0 saturated heterocycles. The minimum atomic E-state index is -0.965. The van der Waals surface area contributed by atoms with Crippen molar-refractivity contribution in [2.24, 2.45) is 0 Å². The molecule has 0 bridgehead atoms. The molecule has 9 heteroatoms. The topological polar surface area (TPSA) is 111 Å². The van der Waals surface area contributed by atoms with Crippen LogP contribution in [0.2, 0.25) is 0 Å². The number of nitro benzene ring substituents is 1. The van der Waals surface area contributed by atoms with Gasteiger partial charge >= 0.3 is 6.09 Å². The van der Waals surface area contributed by atoms with E-state index in [4.69, 9.17) is 4.74 Å². The highest BCUT2D eigenvalue weighted by Crippen LogP contribution is 2.34. The van der Waals surface area contributed by atoms with Gasteiger partial charge < -0.3 is 15.4 Å². The van der Waals surface area contributed by atoms with Crippen molar-refractivity contribution >= 4 is 34.0 Å². The molecule has 0 spiro atoms. The number of carbonyl (C=O) groups is 2. The molecule has 2 amide bonds. The minimum Gasteiger partial charge on any atom is -0.445 e. The average Bonchev–Trinajstić information content (AvgIpc) is 3.28. The minimum absolute atomic E-state index is 0.0533. The van der Waals surface area contributed by atoms with Gasteiger partial charge in [0.1, 0.15) is 12.6 Å². The molecule has 4 aromatic rings. The summed E-state index contributed by atoms with van der Waals surface area (Å²) >= 11 is 1.44. The molecule has 0 aliphatic rings. The Morgan fingerprint density at radius 3 is 2.24 bits per heavy atom. The van der Waals surface area contributed by atoms with E-state index in [0.717, 1.165) is 21.6 Å². The number of anilines is 1. The zero-order chi connectivity index (χ0) is 26.2. The highest BCUT2D eigenvalue weighted by Gasteiger charge is 2.24. The van der Waals surface area contributed by atoms with E-state index in [1.54, 1.807) is 12.1 Å². The van der Waals surface area contributed by atoms with E-state index < -0.39 is 23.0 Å². The Bertz CT molecular complexity index is 1370. The number of nitrogens with zero attached hydrogens (tertiary/aromatic N) is 1. The van der Waals surface area contributed by atoms with E-state index in [1.165, 1.54) is 23.5 Å². The van der Waals surface area contributed by atoms with Crippen LogP contribution in [0.25, 0.3) is 11.1 Å². The normalized spacial score (nSPS) is 11.4. The van der Waals surface area contributed by atoms with Crippen molar-refractivity contribution in [2.75, 3.05) is 5.32 Å². The van der Waals surface area contributed by atoms with Gasteiger partial charge in [0.2, 0.25) is 5.91 Å². The van der Waals surface area contributed by atoms with Crippen molar-refractivity contribution in [1.82, 2.24) is 5.32 Å². The number of hydrogen-bond acceptors (Lipinski definition) is 6. The van der Waals surface area contributed by atoms with Crippen molar-refractivity contribution in [1.29, 1.82) is 0 Å². The number of thiophene rings is 1. The number of carbonyl (C=O) groups excluding carboxylic acids is 2. The number of alkyl carbamates (subject to hydrolysis) is 1. The average molecular weight is 516 g/mol. The molecule has 8 nitrogen and oxygen atoms in total. The Morgan fingerprint density at radius 2 is 1.59 bits per heavy atom. The lowest BCUT2D eigenvalue weighted by Gasteiger charge is -2.18. The summed E-state index contributed by atoms with van der Waals surface area (Å²) < 4.78 is 5.31. The van der Waals surface area contributed by atoms with Gasteiger partial charge in [-0.1, -0.05) is 72.8 Å². The monoisotopic (exact) mass is 515 g/mol. The van der Waals surface area contributed by atoms with Gasteiger partial charge in [-0.25, -0.2) is 4.79 Å². The summed E-state index contributed by atoms with van der Waals surface area (Å²) in [6.45, 7) is 2.04. The number of non-ortho nitro benzene ring substituents is 1. The number of aryl methyl sites for hydroxylation is 1. The molecule has 0 radical (unpaired) electrons. The summed E-state index contributed by atoms with van der Waals surface area (Å²) in [6.07, 6.45) is -0.613. The lowest BCUT2D eigenvalue weighted by atomic mass is 10.0. The molecule has 0 fully saturated rings. The highest BCUT2D eigenvalue weighted by atomic mass is 32.1. The molecule has 0 saturated carbocycles. The first-order valence-electron chi connectivity index (χ1n) is 11.6. The van der Waals surface area contributed by atoms with Crippen LogP contribution in [-0.4, -0.2) is 23.0 Å². The van der Waals surface area contributed by atoms with E-state index in [1.807, 2.05) is 73.7 Å². The smallest absolute Gasteiger partial charge is 0.408 e.